The number of alkyl halides is 1. The Bertz CT molecular complexity index is 176. The number of carbonyl (C=O) groups excluding carboxylic acids is 1. The lowest BCUT2D eigenvalue weighted by molar-refractivity contribution is -0.114. The molecule has 0 aromatic carbocycles. The molecule has 13 heavy (non-hydrogen) atoms. The zero-order valence-corrected chi connectivity index (χ0v) is 9.50. The van der Waals surface area contributed by atoms with Crippen molar-refractivity contribution in [3.8, 4) is 0 Å². The highest BCUT2D eigenvalue weighted by Gasteiger charge is 1.99. The second-order valence-electron chi connectivity index (χ2n) is 3.00. The van der Waals surface area contributed by atoms with Crippen molar-refractivity contribution in [1.82, 2.24) is 0 Å². The molecule has 0 spiro atoms. The molecule has 0 aliphatic carbocycles. The Labute approximate surface area is 90.1 Å². The first kappa shape index (κ1) is 13.0. The van der Waals surface area contributed by atoms with Crippen LogP contribution in [0.2, 0.25) is 0 Å². The Morgan fingerprint density at radius 3 is 2.54 bits per heavy atom. The van der Waals surface area contributed by atoms with Crippen molar-refractivity contribution in [3.63, 3.8) is 0 Å². The molecule has 0 atom stereocenters. The van der Waals surface area contributed by atoms with Crippen LogP contribution in [-0.2, 0) is 4.79 Å². The zero-order valence-electron chi connectivity index (χ0n) is 7.98. The summed E-state index contributed by atoms with van der Waals surface area (Å²) >= 11 is 11.0. The first-order valence-electron chi connectivity index (χ1n) is 4.65. The monoisotopic (exact) mass is 222 g/mol. The second kappa shape index (κ2) is 8.58. The van der Waals surface area contributed by atoms with E-state index in [0.29, 0.717) is 11.5 Å². The van der Waals surface area contributed by atoms with Gasteiger partial charge in [0.2, 0.25) is 0 Å². The van der Waals surface area contributed by atoms with Crippen LogP contribution in [-0.4, -0.2) is 11.7 Å². The van der Waals surface area contributed by atoms with E-state index >= 15 is 0 Å². The maximum absolute atomic E-state index is 11.2. The van der Waals surface area contributed by atoms with Crippen LogP contribution >= 0.6 is 23.2 Å². The molecule has 0 aromatic rings. The Morgan fingerprint density at radius 1 is 1.31 bits per heavy atom. The summed E-state index contributed by atoms with van der Waals surface area (Å²) in [5, 5.41) is 0.433. The van der Waals surface area contributed by atoms with Crippen LogP contribution in [0.3, 0.4) is 0 Å². The van der Waals surface area contributed by atoms with Gasteiger partial charge >= 0.3 is 0 Å². The number of carbonyl (C=O) groups is 1. The van der Waals surface area contributed by atoms with Crippen molar-refractivity contribution in [2.75, 3.05) is 5.88 Å². The highest BCUT2D eigenvalue weighted by molar-refractivity contribution is 6.36. The van der Waals surface area contributed by atoms with Crippen molar-refractivity contribution >= 4 is 29.0 Å². The second-order valence-corrected chi connectivity index (χ2v) is 3.75. The van der Waals surface area contributed by atoms with Crippen LogP contribution in [0.15, 0.2) is 11.1 Å². The van der Waals surface area contributed by atoms with Crippen LogP contribution in [0.25, 0.3) is 0 Å². The van der Waals surface area contributed by atoms with E-state index in [-0.39, 0.29) is 11.7 Å². The SMILES string of the molecule is CCCCCCC(=O)C=C(Cl)CCl. The van der Waals surface area contributed by atoms with Gasteiger partial charge in [0.1, 0.15) is 0 Å². The molecule has 0 heterocycles. The summed E-state index contributed by atoms with van der Waals surface area (Å²) in [7, 11) is 0. The molecular formula is C10H16Cl2O. The van der Waals surface area contributed by atoms with E-state index in [1.54, 1.807) is 0 Å². The normalized spacial score (nSPS) is 11.8. The maximum atomic E-state index is 11.2. The third-order valence-electron chi connectivity index (χ3n) is 1.72. The molecule has 0 radical (unpaired) electrons. The Hall–Kier alpha value is -0.0100. The molecule has 0 aliphatic heterocycles. The van der Waals surface area contributed by atoms with Crippen molar-refractivity contribution in [3.05, 3.63) is 11.1 Å². The van der Waals surface area contributed by atoms with Gasteiger partial charge in [-0.25, -0.2) is 0 Å². The van der Waals surface area contributed by atoms with Crippen LogP contribution < -0.4 is 0 Å². The largest absolute Gasteiger partial charge is 0.295 e. The fourth-order valence-corrected chi connectivity index (χ4v) is 1.21. The summed E-state index contributed by atoms with van der Waals surface area (Å²) in [4.78, 5) is 11.2. The Kier molecular flexibility index (Phi) is 8.58. The smallest absolute Gasteiger partial charge is 0.156 e. The molecule has 0 N–H and O–H groups in total. The predicted octanol–water partition coefficient (Wildman–Crippen LogP) is 3.89. The van der Waals surface area contributed by atoms with Gasteiger partial charge in [-0.3, -0.25) is 4.79 Å². The molecule has 1 nitrogen and oxygen atoms in total. The molecule has 0 saturated carbocycles. The number of rotatable bonds is 7. The number of hydrogen-bond acceptors (Lipinski definition) is 1. The minimum absolute atomic E-state index is 0.0850. The fourth-order valence-electron chi connectivity index (χ4n) is 1.01. The van der Waals surface area contributed by atoms with Gasteiger partial charge < -0.3 is 0 Å². The van der Waals surface area contributed by atoms with Crippen LogP contribution in [0.4, 0.5) is 0 Å². The Morgan fingerprint density at radius 2 is 2.00 bits per heavy atom. The van der Waals surface area contributed by atoms with Gasteiger partial charge in [0.05, 0.1) is 5.88 Å². The first-order chi connectivity index (χ1) is 6.20. The standard InChI is InChI=1S/C10H16Cl2O/c1-2-3-4-5-6-10(13)7-9(12)8-11/h7H,2-6,8H2,1H3. The van der Waals surface area contributed by atoms with Gasteiger partial charge in [-0.1, -0.05) is 37.8 Å². The number of hydrogen-bond donors (Lipinski definition) is 0. The summed E-state index contributed by atoms with van der Waals surface area (Å²) in [5.41, 5.74) is 0. The number of halogens is 2. The van der Waals surface area contributed by atoms with E-state index in [1.165, 1.54) is 18.9 Å². The first-order valence-corrected chi connectivity index (χ1v) is 5.56. The minimum atomic E-state index is 0.0850. The summed E-state index contributed by atoms with van der Waals surface area (Å²) in [6, 6.07) is 0. The maximum Gasteiger partial charge on any atom is 0.156 e. The van der Waals surface area contributed by atoms with E-state index in [2.05, 4.69) is 6.92 Å². The van der Waals surface area contributed by atoms with Crippen molar-refractivity contribution in [1.29, 1.82) is 0 Å². The lowest BCUT2D eigenvalue weighted by Gasteiger charge is -1.96. The number of unbranched alkanes of at least 4 members (excludes halogenated alkanes) is 3. The molecular weight excluding hydrogens is 207 g/mol. The third kappa shape index (κ3) is 8.32. The molecule has 0 amide bonds. The van der Waals surface area contributed by atoms with E-state index in [4.69, 9.17) is 23.2 Å². The fraction of sp³-hybridized carbons (Fsp3) is 0.700. The van der Waals surface area contributed by atoms with Crippen molar-refractivity contribution in [2.45, 2.75) is 39.0 Å². The summed E-state index contributed by atoms with van der Waals surface area (Å²) in [5.74, 6) is 0.309. The van der Waals surface area contributed by atoms with E-state index < -0.39 is 0 Å². The van der Waals surface area contributed by atoms with E-state index in [0.717, 1.165) is 12.8 Å². The number of ketones is 1. The highest BCUT2D eigenvalue weighted by atomic mass is 35.5. The molecule has 3 heteroatoms. The average Bonchev–Trinajstić information content (AvgIpc) is 2.12. The highest BCUT2D eigenvalue weighted by Crippen LogP contribution is 2.07. The topological polar surface area (TPSA) is 17.1 Å². The van der Waals surface area contributed by atoms with Crippen LogP contribution in [0.5, 0.6) is 0 Å². The molecule has 0 bridgehead atoms. The molecule has 76 valence electrons. The molecule has 0 aromatic heterocycles. The van der Waals surface area contributed by atoms with Gasteiger partial charge in [0.25, 0.3) is 0 Å². The molecule has 0 unspecified atom stereocenters. The van der Waals surface area contributed by atoms with Gasteiger partial charge in [0, 0.05) is 11.5 Å². The Balaban J connectivity index is 3.51. The zero-order chi connectivity index (χ0) is 10.1. The third-order valence-corrected chi connectivity index (χ3v) is 2.39. The molecule has 0 aliphatic rings. The van der Waals surface area contributed by atoms with E-state index in [1.807, 2.05) is 0 Å². The number of allylic oxidation sites excluding steroid dienone is 2. The molecule has 0 rings (SSSR count). The van der Waals surface area contributed by atoms with Crippen molar-refractivity contribution in [2.24, 2.45) is 0 Å². The van der Waals surface area contributed by atoms with Gasteiger partial charge in [-0.2, -0.15) is 0 Å². The van der Waals surface area contributed by atoms with Crippen LogP contribution in [0.1, 0.15) is 39.0 Å². The minimum Gasteiger partial charge on any atom is -0.295 e. The molecule has 0 saturated heterocycles. The summed E-state index contributed by atoms with van der Waals surface area (Å²) in [6.07, 6.45) is 6.48. The lowest BCUT2D eigenvalue weighted by Crippen LogP contribution is -1.93. The lowest BCUT2D eigenvalue weighted by atomic mass is 10.1. The van der Waals surface area contributed by atoms with Crippen LogP contribution in [0, 0.1) is 0 Å². The quantitative estimate of drug-likeness (QED) is 0.363. The van der Waals surface area contributed by atoms with Crippen molar-refractivity contribution < 1.29 is 4.79 Å². The van der Waals surface area contributed by atoms with Gasteiger partial charge in [0.15, 0.2) is 5.78 Å². The van der Waals surface area contributed by atoms with Gasteiger partial charge in [-0.05, 0) is 12.5 Å². The van der Waals surface area contributed by atoms with E-state index in [9.17, 15) is 4.79 Å². The summed E-state index contributed by atoms with van der Waals surface area (Å²) < 4.78 is 0. The van der Waals surface area contributed by atoms with Gasteiger partial charge in [-0.15, -0.1) is 11.6 Å². The average molecular weight is 223 g/mol. The summed E-state index contributed by atoms with van der Waals surface area (Å²) in [6.45, 7) is 2.14. The molecule has 0 fully saturated rings. The predicted molar refractivity (Wildman–Crippen MR) is 58.4 cm³/mol.